The number of nitrogens with zero attached hydrogens (tertiary/aromatic N) is 3. The highest BCUT2D eigenvalue weighted by Gasteiger charge is 2.29. The topological polar surface area (TPSA) is 92.9 Å². The lowest BCUT2D eigenvalue weighted by molar-refractivity contribution is -0.117. The van der Waals surface area contributed by atoms with E-state index in [1.165, 1.54) is 0 Å². The van der Waals surface area contributed by atoms with Crippen molar-refractivity contribution in [2.24, 2.45) is 5.92 Å². The summed E-state index contributed by atoms with van der Waals surface area (Å²) in [5.41, 5.74) is 0.784. The van der Waals surface area contributed by atoms with Crippen LogP contribution in [-0.2, 0) is 4.79 Å². The van der Waals surface area contributed by atoms with Crippen LogP contribution in [0.15, 0.2) is 33.7 Å². The van der Waals surface area contributed by atoms with Crippen LogP contribution >= 0.6 is 15.9 Å². The summed E-state index contributed by atoms with van der Waals surface area (Å²) in [6.07, 6.45) is 5.31. The van der Waals surface area contributed by atoms with Gasteiger partial charge in [0.15, 0.2) is 5.76 Å². The molecule has 1 fully saturated rings. The van der Waals surface area contributed by atoms with Crippen LogP contribution in [0.4, 0.5) is 11.6 Å². The number of carbonyl (C=O) groups excluding carboxylic acids is 1. The second-order valence-corrected chi connectivity index (χ2v) is 6.48. The fourth-order valence-corrected chi connectivity index (χ4v) is 2.83. The lowest BCUT2D eigenvalue weighted by Crippen LogP contribution is -2.14. The van der Waals surface area contributed by atoms with E-state index in [9.17, 15) is 4.79 Å². The predicted octanol–water partition coefficient (Wildman–Crippen LogP) is 3.44. The fraction of sp³-hybridized carbons (Fsp3) is 0.250. The van der Waals surface area contributed by atoms with Crippen molar-refractivity contribution in [3.63, 3.8) is 0 Å². The van der Waals surface area contributed by atoms with Crippen molar-refractivity contribution in [3.8, 4) is 11.3 Å². The first-order valence-electron chi connectivity index (χ1n) is 7.55. The Balaban J connectivity index is 1.83. The Labute approximate surface area is 146 Å². The highest BCUT2D eigenvalue weighted by Crippen LogP contribution is 2.34. The molecule has 8 heteroatoms. The van der Waals surface area contributed by atoms with Crippen LogP contribution < -0.4 is 10.6 Å². The average molecular weight is 388 g/mol. The molecule has 0 aliphatic heterocycles. The molecule has 7 nitrogen and oxygen atoms in total. The summed E-state index contributed by atoms with van der Waals surface area (Å²) in [5.74, 6) is 1.96. The van der Waals surface area contributed by atoms with E-state index in [2.05, 4.69) is 41.7 Å². The van der Waals surface area contributed by atoms with Gasteiger partial charge in [0.1, 0.15) is 16.2 Å². The Morgan fingerprint density at radius 2 is 2.08 bits per heavy atom. The smallest absolute Gasteiger partial charge is 0.228 e. The summed E-state index contributed by atoms with van der Waals surface area (Å²) >= 11 is 3.28. The van der Waals surface area contributed by atoms with Crippen molar-refractivity contribution >= 4 is 44.2 Å². The van der Waals surface area contributed by atoms with Crippen LogP contribution in [0.5, 0.6) is 0 Å². The van der Waals surface area contributed by atoms with Gasteiger partial charge in [-0.25, -0.2) is 9.97 Å². The van der Waals surface area contributed by atoms with Gasteiger partial charge in [-0.15, -0.1) is 0 Å². The van der Waals surface area contributed by atoms with E-state index >= 15 is 0 Å². The number of amides is 1. The number of halogens is 1. The van der Waals surface area contributed by atoms with Crippen molar-refractivity contribution < 1.29 is 9.32 Å². The summed E-state index contributed by atoms with van der Waals surface area (Å²) in [6, 6.07) is 3.61. The van der Waals surface area contributed by atoms with E-state index in [1.807, 2.05) is 6.07 Å². The standard InChI is InChI=1S/C16H14BrN5O2/c1-18-15-11-7-19-14(21-16(23)8-2-3-8)4-9(11)10(6-20-15)12-5-13(17)22-24-12/h4-8H,2-3H2,1H3,(H,18,20)(H,19,21,23). The Hall–Kier alpha value is -2.48. The molecule has 0 spiro atoms. The van der Waals surface area contributed by atoms with Gasteiger partial charge in [-0.05, 0) is 34.8 Å². The maximum atomic E-state index is 12.0. The monoisotopic (exact) mass is 387 g/mol. The summed E-state index contributed by atoms with van der Waals surface area (Å²) in [7, 11) is 1.80. The SMILES string of the molecule is CNc1ncc(-c2cc(Br)no2)c2cc(NC(=O)C3CC3)ncc12. The maximum Gasteiger partial charge on any atom is 0.228 e. The summed E-state index contributed by atoms with van der Waals surface area (Å²) in [4.78, 5) is 20.7. The van der Waals surface area contributed by atoms with Crippen molar-refractivity contribution in [3.05, 3.63) is 29.1 Å². The normalized spacial score (nSPS) is 13.9. The molecular formula is C16H14BrN5O2. The number of carbonyl (C=O) groups is 1. The second kappa shape index (κ2) is 5.86. The minimum Gasteiger partial charge on any atom is -0.373 e. The number of rotatable bonds is 4. The third kappa shape index (κ3) is 2.73. The second-order valence-electron chi connectivity index (χ2n) is 5.66. The molecule has 24 heavy (non-hydrogen) atoms. The van der Waals surface area contributed by atoms with Crippen LogP contribution in [0.1, 0.15) is 12.8 Å². The zero-order chi connectivity index (χ0) is 16.7. The predicted molar refractivity (Wildman–Crippen MR) is 93.6 cm³/mol. The summed E-state index contributed by atoms with van der Waals surface area (Å²) < 4.78 is 5.95. The van der Waals surface area contributed by atoms with Crippen molar-refractivity contribution in [1.29, 1.82) is 0 Å². The Kier molecular flexibility index (Phi) is 3.68. The van der Waals surface area contributed by atoms with E-state index in [0.717, 1.165) is 29.2 Å². The molecule has 1 aliphatic carbocycles. The summed E-state index contributed by atoms with van der Waals surface area (Å²) in [5, 5.41) is 11.5. The van der Waals surface area contributed by atoms with Crippen molar-refractivity contribution in [2.45, 2.75) is 12.8 Å². The van der Waals surface area contributed by atoms with Gasteiger partial charge in [0, 0.05) is 47.8 Å². The molecule has 0 saturated heterocycles. The molecule has 2 N–H and O–H groups in total. The molecule has 1 saturated carbocycles. The fourth-order valence-electron chi connectivity index (χ4n) is 2.55. The number of hydrogen-bond acceptors (Lipinski definition) is 6. The zero-order valence-electron chi connectivity index (χ0n) is 12.8. The van der Waals surface area contributed by atoms with Gasteiger partial charge in [0.05, 0.1) is 0 Å². The number of pyridine rings is 2. The van der Waals surface area contributed by atoms with Crippen molar-refractivity contribution in [1.82, 2.24) is 15.1 Å². The lowest BCUT2D eigenvalue weighted by atomic mass is 10.1. The van der Waals surface area contributed by atoms with E-state index in [0.29, 0.717) is 22.0 Å². The molecule has 0 atom stereocenters. The van der Waals surface area contributed by atoms with Gasteiger partial charge in [-0.3, -0.25) is 4.79 Å². The quantitative estimate of drug-likeness (QED) is 0.711. The molecule has 0 bridgehead atoms. The van der Waals surface area contributed by atoms with Crippen molar-refractivity contribution in [2.75, 3.05) is 17.7 Å². The number of hydrogen-bond donors (Lipinski definition) is 2. The van der Waals surface area contributed by atoms with Crippen LogP contribution in [0.3, 0.4) is 0 Å². The van der Waals surface area contributed by atoms with Crippen LogP contribution in [0.25, 0.3) is 22.1 Å². The van der Waals surface area contributed by atoms with E-state index in [-0.39, 0.29) is 11.8 Å². The number of nitrogens with one attached hydrogen (secondary N) is 2. The highest BCUT2D eigenvalue weighted by molar-refractivity contribution is 9.10. The Morgan fingerprint density at radius 3 is 2.75 bits per heavy atom. The Morgan fingerprint density at radius 1 is 1.25 bits per heavy atom. The molecular weight excluding hydrogens is 374 g/mol. The van der Waals surface area contributed by atoms with Gasteiger partial charge >= 0.3 is 0 Å². The lowest BCUT2D eigenvalue weighted by Gasteiger charge is -2.10. The minimum atomic E-state index is 0.0219. The molecule has 1 aliphatic rings. The van der Waals surface area contributed by atoms with Gasteiger partial charge < -0.3 is 15.2 Å². The third-order valence-electron chi connectivity index (χ3n) is 3.96. The molecule has 3 heterocycles. The minimum absolute atomic E-state index is 0.0219. The Bertz CT molecular complexity index is 935. The van der Waals surface area contributed by atoms with Crippen LogP contribution in [0.2, 0.25) is 0 Å². The molecule has 1 amide bonds. The molecule has 0 aromatic carbocycles. The highest BCUT2D eigenvalue weighted by atomic mass is 79.9. The first-order chi connectivity index (χ1) is 11.7. The van der Waals surface area contributed by atoms with Crippen LogP contribution in [0, 0.1) is 5.92 Å². The van der Waals surface area contributed by atoms with E-state index < -0.39 is 0 Å². The average Bonchev–Trinajstić information content (AvgIpc) is 3.35. The molecule has 3 aromatic heterocycles. The number of fused-ring (bicyclic) bond motifs is 1. The van der Waals surface area contributed by atoms with Crippen LogP contribution in [-0.4, -0.2) is 28.1 Å². The number of anilines is 2. The van der Waals surface area contributed by atoms with E-state index in [4.69, 9.17) is 4.52 Å². The third-order valence-corrected chi connectivity index (χ3v) is 4.33. The summed E-state index contributed by atoms with van der Waals surface area (Å²) in [6.45, 7) is 0. The van der Waals surface area contributed by atoms with E-state index in [1.54, 1.807) is 25.5 Å². The van der Waals surface area contributed by atoms with Gasteiger partial charge in [-0.2, -0.15) is 0 Å². The van der Waals surface area contributed by atoms with Gasteiger partial charge in [0.25, 0.3) is 0 Å². The largest absolute Gasteiger partial charge is 0.373 e. The number of aromatic nitrogens is 3. The first-order valence-corrected chi connectivity index (χ1v) is 8.35. The molecule has 122 valence electrons. The molecule has 0 unspecified atom stereocenters. The van der Waals surface area contributed by atoms with Gasteiger partial charge in [0.2, 0.25) is 5.91 Å². The molecule has 3 aromatic rings. The first kappa shape index (κ1) is 15.1. The molecule has 0 radical (unpaired) electrons. The van der Waals surface area contributed by atoms with Gasteiger partial charge in [-0.1, -0.05) is 5.16 Å². The zero-order valence-corrected chi connectivity index (χ0v) is 14.4. The molecule has 4 rings (SSSR count). The maximum absolute atomic E-state index is 12.0.